The van der Waals surface area contributed by atoms with Crippen LogP contribution >= 0.6 is 0 Å². The van der Waals surface area contributed by atoms with Gasteiger partial charge in [0.25, 0.3) is 0 Å². The molecule has 21 heavy (non-hydrogen) atoms. The number of aromatic nitrogens is 2. The zero-order chi connectivity index (χ0) is 14.9. The summed E-state index contributed by atoms with van der Waals surface area (Å²) in [5.41, 5.74) is 0.459. The molecule has 118 valence electrons. The summed E-state index contributed by atoms with van der Waals surface area (Å²) in [6.07, 6.45) is 9.74. The molecule has 1 heterocycles. The molecule has 2 atom stereocenters. The Kier molecular flexibility index (Phi) is 4.34. The van der Waals surface area contributed by atoms with Gasteiger partial charge in [0.15, 0.2) is 5.82 Å². The Hall–Kier alpha value is -0.900. The van der Waals surface area contributed by atoms with Crippen molar-refractivity contribution in [3.63, 3.8) is 0 Å². The molecule has 3 rings (SSSR count). The molecule has 0 bridgehead atoms. The van der Waals surface area contributed by atoms with Crippen LogP contribution in [-0.2, 0) is 0 Å². The van der Waals surface area contributed by atoms with Gasteiger partial charge in [0.1, 0.15) is 0 Å². The van der Waals surface area contributed by atoms with Crippen LogP contribution in [0.5, 0.6) is 0 Å². The number of hydrogen-bond acceptors (Lipinski definition) is 4. The minimum Gasteiger partial charge on any atom is -0.392 e. The maximum atomic E-state index is 10.3. The Bertz CT molecular complexity index is 459. The van der Waals surface area contributed by atoms with E-state index in [9.17, 15) is 5.11 Å². The highest BCUT2D eigenvalue weighted by Gasteiger charge is 2.32. The summed E-state index contributed by atoms with van der Waals surface area (Å²) in [5, 5.41) is 14.5. The van der Waals surface area contributed by atoms with Crippen LogP contribution in [0.25, 0.3) is 0 Å². The van der Waals surface area contributed by atoms with E-state index in [1.54, 1.807) is 0 Å². The summed E-state index contributed by atoms with van der Waals surface area (Å²) in [5.74, 6) is 2.04. The fraction of sp³-hybridized carbons (Fsp3) is 0.882. The van der Waals surface area contributed by atoms with Gasteiger partial charge in [-0.2, -0.15) is 4.98 Å². The fourth-order valence-electron chi connectivity index (χ4n) is 3.80. The molecule has 0 saturated heterocycles. The average molecular weight is 292 g/mol. The third-order valence-corrected chi connectivity index (χ3v) is 5.46. The molecule has 0 aliphatic heterocycles. The first kappa shape index (κ1) is 15.0. The number of rotatable bonds is 2. The first-order valence-electron chi connectivity index (χ1n) is 8.57. The van der Waals surface area contributed by atoms with Gasteiger partial charge in [-0.1, -0.05) is 38.3 Å². The van der Waals surface area contributed by atoms with Crippen molar-refractivity contribution in [2.24, 2.45) is 5.41 Å². The SMILES string of the molecule is CC1(C)CCC(c2noc(C3CCCCCC3O)n2)CC1. The van der Waals surface area contributed by atoms with Crippen LogP contribution < -0.4 is 0 Å². The van der Waals surface area contributed by atoms with Crippen LogP contribution in [0.15, 0.2) is 4.52 Å². The van der Waals surface area contributed by atoms with Gasteiger partial charge in [0.05, 0.1) is 12.0 Å². The van der Waals surface area contributed by atoms with Crippen molar-refractivity contribution < 1.29 is 9.63 Å². The molecule has 2 aliphatic rings. The van der Waals surface area contributed by atoms with Crippen LogP contribution in [0.4, 0.5) is 0 Å². The monoisotopic (exact) mass is 292 g/mol. The zero-order valence-corrected chi connectivity index (χ0v) is 13.3. The molecule has 2 unspecified atom stereocenters. The van der Waals surface area contributed by atoms with Crippen LogP contribution in [0.2, 0.25) is 0 Å². The summed E-state index contributed by atoms with van der Waals surface area (Å²) in [6.45, 7) is 4.68. The number of aliphatic hydroxyl groups excluding tert-OH is 1. The molecule has 1 N–H and O–H groups in total. The van der Waals surface area contributed by atoms with E-state index in [4.69, 9.17) is 4.52 Å². The summed E-state index contributed by atoms with van der Waals surface area (Å²) in [6, 6.07) is 0. The van der Waals surface area contributed by atoms with Gasteiger partial charge in [-0.05, 0) is 43.9 Å². The lowest BCUT2D eigenvalue weighted by atomic mass is 9.73. The Balaban J connectivity index is 1.68. The van der Waals surface area contributed by atoms with Crippen LogP contribution in [-0.4, -0.2) is 21.4 Å². The lowest BCUT2D eigenvalue weighted by molar-refractivity contribution is 0.119. The minimum atomic E-state index is -0.314. The number of hydrogen-bond donors (Lipinski definition) is 1. The summed E-state index contributed by atoms with van der Waals surface area (Å²) in [4.78, 5) is 4.66. The van der Waals surface area contributed by atoms with E-state index in [-0.39, 0.29) is 12.0 Å². The molecule has 0 radical (unpaired) electrons. The highest BCUT2D eigenvalue weighted by molar-refractivity contribution is 5.03. The van der Waals surface area contributed by atoms with Crippen molar-refractivity contribution in [3.8, 4) is 0 Å². The second-order valence-corrected chi connectivity index (χ2v) is 7.74. The highest BCUT2D eigenvalue weighted by atomic mass is 16.5. The predicted molar refractivity (Wildman–Crippen MR) is 81.1 cm³/mol. The molecular formula is C17H28N2O2. The largest absolute Gasteiger partial charge is 0.392 e. The molecule has 1 aromatic heterocycles. The van der Waals surface area contributed by atoms with Crippen molar-refractivity contribution in [1.82, 2.24) is 10.1 Å². The molecule has 2 saturated carbocycles. The van der Waals surface area contributed by atoms with E-state index in [2.05, 4.69) is 24.0 Å². The lowest BCUT2D eigenvalue weighted by Crippen LogP contribution is -2.21. The molecule has 1 aromatic rings. The van der Waals surface area contributed by atoms with Gasteiger partial charge in [0.2, 0.25) is 5.89 Å². The molecule has 0 spiro atoms. The summed E-state index contributed by atoms with van der Waals surface area (Å²) >= 11 is 0. The quantitative estimate of drug-likeness (QED) is 0.831. The van der Waals surface area contributed by atoms with E-state index in [0.29, 0.717) is 17.2 Å². The van der Waals surface area contributed by atoms with E-state index in [1.807, 2.05) is 0 Å². The maximum Gasteiger partial charge on any atom is 0.232 e. The van der Waals surface area contributed by atoms with E-state index >= 15 is 0 Å². The molecule has 4 heteroatoms. The molecule has 0 amide bonds. The van der Waals surface area contributed by atoms with Gasteiger partial charge < -0.3 is 9.63 Å². The van der Waals surface area contributed by atoms with Gasteiger partial charge in [0, 0.05) is 5.92 Å². The second kappa shape index (κ2) is 6.07. The van der Waals surface area contributed by atoms with Gasteiger partial charge >= 0.3 is 0 Å². The number of nitrogens with zero attached hydrogens (tertiary/aromatic N) is 2. The normalized spacial score (nSPS) is 31.0. The average Bonchev–Trinajstić information content (AvgIpc) is 2.82. The van der Waals surface area contributed by atoms with Crippen LogP contribution in [0.1, 0.15) is 95.2 Å². The predicted octanol–water partition coefficient (Wildman–Crippen LogP) is 4.16. The van der Waals surface area contributed by atoms with Crippen molar-refractivity contribution in [2.45, 2.75) is 89.6 Å². The minimum absolute atomic E-state index is 0.0498. The standard InChI is InChI=1S/C17H28N2O2/c1-17(2)10-8-12(9-11-17)15-18-16(21-19-15)13-6-4-3-5-7-14(13)20/h12-14,20H,3-11H2,1-2H3. The van der Waals surface area contributed by atoms with Gasteiger partial charge in [-0.15, -0.1) is 0 Å². The first-order chi connectivity index (χ1) is 10.1. The molecule has 2 aliphatic carbocycles. The van der Waals surface area contributed by atoms with Gasteiger partial charge in [-0.3, -0.25) is 0 Å². The Morgan fingerprint density at radius 1 is 1.05 bits per heavy atom. The third-order valence-electron chi connectivity index (χ3n) is 5.46. The topological polar surface area (TPSA) is 59.2 Å². The van der Waals surface area contributed by atoms with Crippen molar-refractivity contribution >= 4 is 0 Å². The molecule has 2 fully saturated rings. The van der Waals surface area contributed by atoms with Crippen LogP contribution in [0, 0.1) is 5.41 Å². The highest BCUT2D eigenvalue weighted by Crippen LogP contribution is 2.42. The molecular weight excluding hydrogens is 264 g/mol. The van der Waals surface area contributed by atoms with E-state index in [0.717, 1.165) is 44.3 Å². The number of aliphatic hydroxyl groups is 1. The van der Waals surface area contributed by atoms with E-state index < -0.39 is 0 Å². The zero-order valence-electron chi connectivity index (χ0n) is 13.3. The van der Waals surface area contributed by atoms with Crippen molar-refractivity contribution in [2.75, 3.05) is 0 Å². The van der Waals surface area contributed by atoms with Gasteiger partial charge in [-0.25, -0.2) is 0 Å². The Morgan fingerprint density at radius 3 is 2.52 bits per heavy atom. The summed E-state index contributed by atoms with van der Waals surface area (Å²) in [7, 11) is 0. The lowest BCUT2D eigenvalue weighted by Gasteiger charge is -2.32. The van der Waals surface area contributed by atoms with Crippen LogP contribution in [0.3, 0.4) is 0 Å². The Labute approximate surface area is 127 Å². The molecule has 0 aromatic carbocycles. The van der Waals surface area contributed by atoms with Crippen molar-refractivity contribution in [3.05, 3.63) is 11.7 Å². The first-order valence-corrected chi connectivity index (χ1v) is 8.57. The van der Waals surface area contributed by atoms with E-state index in [1.165, 1.54) is 19.3 Å². The second-order valence-electron chi connectivity index (χ2n) is 7.74. The Morgan fingerprint density at radius 2 is 1.76 bits per heavy atom. The molecule has 4 nitrogen and oxygen atoms in total. The smallest absolute Gasteiger partial charge is 0.232 e. The summed E-state index contributed by atoms with van der Waals surface area (Å²) < 4.78 is 5.51. The third kappa shape index (κ3) is 3.47. The fourth-order valence-corrected chi connectivity index (χ4v) is 3.80. The van der Waals surface area contributed by atoms with Crippen molar-refractivity contribution in [1.29, 1.82) is 0 Å². The maximum absolute atomic E-state index is 10.3.